The SMILES string of the molecule is CC1C(=O)C2CCC(N2C(=O)/C=C/c2ccccc2)[N+]1=O. The second kappa shape index (κ2) is 5.24. The van der Waals surface area contributed by atoms with E-state index in [4.69, 9.17) is 0 Å². The molecule has 0 aliphatic carbocycles. The fourth-order valence-electron chi connectivity index (χ4n) is 3.10. The standard InChI is InChI=1S/C16H17N2O3/c1-11-16(20)13-8-9-14(18(11)21)17(13)15(19)10-7-12-5-3-2-4-6-12/h2-7,10-11,13-14H,8-9H2,1H3/q+1/b10-7+. The minimum absolute atomic E-state index is 0.153. The molecule has 2 aliphatic rings. The number of carbonyl (C=O) groups excluding carboxylic acids is 2. The van der Waals surface area contributed by atoms with Gasteiger partial charge in [-0.1, -0.05) is 30.3 Å². The van der Waals surface area contributed by atoms with Crippen LogP contribution >= 0.6 is 0 Å². The lowest BCUT2D eigenvalue weighted by Crippen LogP contribution is -2.58. The van der Waals surface area contributed by atoms with Crippen LogP contribution in [-0.2, 0) is 9.59 Å². The highest BCUT2D eigenvalue weighted by Crippen LogP contribution is 2.32. The number of fused-ring (bicyclic) bond motifs is 2. The fourth-order valence-corrected chi connectivity index (χ4v) is 3.10. The summed E-state index contributed by atoms with van der Waals surface area (Å²) in [5, 5.41) is 0. The summed E-state index contributed by atoms with van der Waals surface area (Å²) in [6.07, 6.45) is 3.79. The molecule has 0 spiro atoms. The Morgan fingerprint density at radius 3 is 2.71 bits per heavy atom. The van der Waals surface area contributed by atoms with E-state index in [1.165, 1.54) is 11.0 Å². The van der Waals surface area contributed by atoms with Crippen LogP contribution in [-0.4, -0.2) is 39.6 Å². The van der Waals surface area contributed by atoms with Gasteiger partial charge in [0.15, 0.2) is 0 Å². The summed E-state index contributed by atoms with van der Waals surface area (Å²) in [7, 11) is 0. The van der Waals surface area contributed by atoms with Crippen molar-refractivity contribution in [2.24, 2.45) is 0 Å². The van der Waals surface area contributed by atoms with Gasteiger partial charge in [0.05, 0.1) is 0 Å². The highest BCUT2D eigenvalue weighted by Gasteiger charge is 2.57. The number of benzene rings is 1. The molecule has 1 amide bonds. The first-order valence-electron chi connectivity index (χ1n) is 7.14. The maximum atomic E-state index is 12.4. The third-order valence-electron chi connectivity index (χ3n) is 4.24. The molecule has 5 nitrogen and oxygen atoms in total. The number of carbonyl (C=O) groups is 2. The van der Waals surface area contributed by atoms with Gasteiger partial charge in [-0.3, -0.25) is 14.5 Å². The van der Waals surface area contributed by atoms with E-state index in [1.807, 2.05) is 30.3 Å². The zero-order chi connectivity index (χ0) is 15.0. The number of Topliss-reactive ketones (excluding diaryl/α,β-unsaturated/α-hetero) is 1. The van der Waals surface area contributed by atoms with E-state index < -0.39 is 18.2 Å². The van der Waals surface area contributed by atoms with Crippen molar-refractivity contribution in [3.63, 3.8) is 0 Å². The first-order chi connectivity index (χ1) is 10.1. The van der Waals surface area contributed by atoms with Crippen LogP contribution in [0.3, 0.4) is 0 Å². The topological polar surface area (TPSA) is 57.5 Å². The number of nitroso groups, excluding NO2 is 1. The maximum Gasteiger partial charge on any atom is 0.280 e. The van der Waals surface area contributed by atoms with Crippen LogP contribution in [0.4, 0.5) is 0 Å². The smallest absolute Gasteiger partial charge is 0.280 e. The summed E-state index contributed by atoms with van der Waals surface area (Å²) < 4.78 is 0.764. The van der Waals surface area contributed by atoms with Crippen molar-refractivity contribution < 1.29 is 14.3 Å². The number of hydrogen-bond acceptors (Lipinski definition) is 3. The summed E-state index contributed by atoms with van der Waals surface area (Å²) >= 11 is 0. The van der Waals surface area contributed by atoms with Gasteiger partial charge in [0.1, 0.15) is 6.04 Å². The molecule has 1 aromatic rings. The Bertz CT molecular complexity index is 600. The second-order valence-corrected chi connectivity index (χ2v) is 5.50. The number of nitrogens with zero attached hydrogens (tertiary/aromatic N) is 2. The van der Waals surface area contributed by atoms with Crippen LogP contribution < -0.4 is 0 Å². The van der Waals surface area contributed by atoms with Gasteiger partial charge in [-0.2, -0.15) is 0 Å². The van der Waals surface area contributed by atoms with Crippen LogP contribution in [0.5, 0.6) is 0 Å². The molecule has 1 aromatic carbocycles. The maximum absolute atomic E-state index is 12.4. The number of hydrogen-bond donors (Lipinski definition) is 0. The van der Waals surface area contributed by atoms with Crippen molar-refractivity contribution in [2.75, 3.05) is 0 Å². The Morgan fingerprint density at radius 1 is 1.29 bits per heavy atom. The fraction of sp³-hybridized carbons (Fsp3) is 0.375. The Kier molecular flexibility index (Phi) is 3.41. The molecule has 0 radical (unpaired) electrons. The molecule has 3 unspecified atom stereocenters. The molecule has 0 N–H and O–H groups in total. The predicted molar refractivity (Wildman–Crippen MR) is 77.2 cm³/mol. The third kappa shape index (κ3) is 2.28. The highest BCUT2D eigenvalue weighted by atomic mass is 16.3. The van der Waals surface area contributed by atoms with E-state index in [9.17, 15) is 14.5 Å². The summed E-state index contributed by atoms with van der Waals surface area (Å²) in [5.74, 6) is -0.423. The van der Waals surface area contributed by atoms with Crippen molar-refractivity contribution >= 4 is 17.8 Å². The average molecular weight is 285 g/mol. The number of ketones is 1. The molecule has 5 heteroatoms. The van der Waals surface area contributed by atoms with Gasteiger partial charge in [-0.25, -0.2) is 0 Å². The molecule has 2 heterocycles. The number of rotatable bonds is 2. The molecule has 2 aliphatic heterocycles. The van der Waals surface area contributed by atoms with Crippen molar-refractivity contribution in [2.45, 2.75) is 38.0 Å². The summed E-state index contributed by atoms with van der Waals surface area (Å²) in [5.41, 5.74) is 0.911. The second-order valence-electron chi connectivity index (χ2n) is 5.50. The van der Waals surface area contributed by atoms with Gasteiger partial charge >= 0.3 is 0 Å². The first-order valence-corrected chi connectivity index (χ1v) is 7.14. The Balaban J connectivity index is 1.81. The zero-order valence-corrected chi connectivity index (χ0v) is 11.8. The molecule has 3 rings (SSSR count). The largest absolute Gasteiger partial charge is 0.290 e. The predicted octanol–water partition coefficient (Wildman–Crippen LogP) is 1.77. The van der Waals surface area contributed by atoms with Crippen molar-refractivity contribution in [3.05, 3.63) is 46.9 Å². The molecule has 2 fully saturated rings. The van der Waals surface area contributed by atoms with Crippen LogP contribution in [0.25, 0.3) is 6.08 Å². The molecular formula is C16H17N2O3+. The summed E-state index contributed by atoms with van der Waals surface area (Å²) in [6, 6.07) is 8.37. The average Bonchev–Trinajstić information content (AvgIpc) is 2.91. The van der Waals surface area contributed by atoms with Crippen LogP contribution in [0.1, 0.15) is 25.3 Å². The van der Waals surface area contributed by atoms with Gasteiger partial charge in [-0.15, -0.1) is 0 Å². The molecule has 0 aromatic heterocycles. The lowest BCUT2D eigenvalue weighted by molar-refractivity contribution is -0.626. The monoisotopic (exact) mass is 285 g/mol. The molecule has 21 heavy (non-hydrogen) atoms. The summed E-state index contributed by atoms with van der Waals surface area (Å²) in [4.78, 5) is 38.0. The lowest BCUT2D eigenvalue weighted by atomic mass is 10.0. The lowest BCUT2D eigenvalue weighted by Gasteiger charge is -2.29. The van der Waals surface area contributed by atoms with E-state index >= 15 is 0 Å². The minimum atomic E-state index is -0.648. The quantitative estimate of drug-likeness (QED) is 0.614. The van der Waals surface area contributed by atoms with Gasteiger partial charge in [0.2, 0.25) is 5.78 Å². The van der Waals surface area contributed by atoms with Gasteiger partial charge < -0.3 is 0 Å². The van der Waals surface area contributed by atoms with E-state index in [2.05, 4.69) is 0 Å². The molecule has 2 bridgehead atoms. The van der Waals surface area contributed by atoms with E-state index in [1.54, 1.807) is 13.0 Å². The molecule has 3 atom stereocenters. The third-order valence-corrected chi connectivity index (χ3v) is 4.24. The van der Waals surface area contributed by atoms with E-state index in [0.29, 0.717) is 12.8 Å². The van der Waals surface area contributed by atoms with E-state index in [0.717, 1.165) is 10.3 Å². The Labute approximate surface area is 122 Å². The van der Waals surface area contributed by atoms with Crippen LogP contribution in [0.15, 0.2) is 36.4 Å². The number of amides is 1. The Hall–Kier alpha value is -2.30. The minimum Gasteiger partial charge on any atom is -0.290 e. The first kappa shape index (κ1) is 13.7. The molecule has 0 saturated carbocycles. The zero-order valence-electron chi connectivity index (χ0n) is 11.8. The van der Waals surface area contributed by atoms with Crippen molar-refractivity contribution in [1.82, 2.24) is 4.90 Å². The normalized spacial score (nSPS) is 28.4. The van der Waals surface area contributed by atoms with Crippen molar-refractivity contribution in [1.29, 1.82) is 0 Å². The molecule has 108 valence electrons. The van der Waals surface area contributed by atoms with Gasteiger partial charge in [0.25, 0.3) is 18.1 Å². The van der Waals surface area contributed by atoms with Crippen LogP contribution in [0, 0.1) is 4.91 Å². The Morgan fingerprint density at radius 2 is 2.00 bits per heavy atom. The van der Waals surface area contributed by atoms with Crippen LogP contribution in [0.2, 0.25) is 0 Å². The molecular weight excluding hydrogens is 268 g/mol. The highest BCUT2D eigenvalue weighted by molar-refractivity contribution is 5.98. The van der Waals surface area contributed by atoms with Crippen molar-refractivity contribution in [3.8, 4) is 0 Å². The molecule has 2 saturated heterocycles. The van der Waals surface area contributed by atoms with E-state index in [-0.39, 0.29) is 11.7 Å². The van der Waals surface area contributed by atoms with Gasteiger partial charge in [-0.05, 0) is 18.1 Å². The summed E-state index contributed by atoms with van der Waals surface area (Å²) in [6.45, 7) is 1.61. The van der Waals surface area contributed by atoms with Gasteiger partial charge in [0, 0.05) is 29.1 Å².